The van der Waals surface area contributed by atoms with Crippen LogP contribution in [-0.4, -0.2) is 18.1 Å². The van der Waals surface area contributed by atoms with E-state index in [2.05, 4.69) is 59.4 Å². The van der Waals surface area contributed by atoms with Crippen molar-refractivity contribution in [3.8, 4) is 0 Å². The van der Waals surface area contributed by atoms with Gasteiger partial charge >= 0.3 is 0 Å². The van der Waals surface area contributed by atoms with E-state index in [1.54, 1.807) is 0 Å². The fraction of sp³-hybridized carbons (Fsp3) is 0.389. The Kier molecular flexibility index (Phi) is 4.09. The van der Waals surface area contributed by atoms with Crippen molar-refractivity contribution in [1.29, 1.82) is 0 Å². The van der Waals surface area contributed by atoms with E-state index < -0.39 is 0 Å². The molecule has 2 aromatic rings. The molecule has 1 unspecified atom stereocenters. The first-order valence-corrected chi connectivity index (χ1v) is 7.76. The van der Waals surface area contributed by atoms with Gasteiger partial charge in [0.1, 0.15) is 0 Å². The zero-order chi connectivity index (χ0) is 14.7. The molecule has 110 valence electrons. The van der Waals surface area contributed by atoms with Crippen molar-refractivity contribution in [3.63, 3.8) is 0 Å². The van der Waals surface area contributed by atoms with Crippen LogP contribution in [0, 0.1) is 6.92 Å². The lowest BCUT2D eigenvalue weighted by molar-refractivity contribution is 0.878. The molecule has 21 heavy (non-hydrogen) atoms. The summed E-state index contributed by atoms with van der Waals surface area (Å²) >= 11 is 0. The third-order valence-corrected chi connectivity index (χ3v) is 4.26. The molecule has 0 bridgehead atoms. The maximum atomic E-state index is 4.07. The van der Waals surface area contributed by atoms with Gasteiger partial charge in [0, 0.05) is 42.9 Å². The summed E-state index contributed by atoms with van der Waals surface area (Å²) in [5.41, 5.74) is 5.13. The molecular formula is C18H23N3. The molecule has 1 atom stereocenters. The highest BCUT2D eigenvalue weighted by Crippen LogP contribution is 2.27. The summed E-state index contributed by atoms with van der Waals surface area (Å²) in [6, 6.07) is 11.1. The Morgan fingerprint density at radius 3 is 2.48 bits per heavy atom. The van der Waals surface area contributed by atoms with E-state index in [-0.39, 0.29) is 6.04 Å². The Bertz CT molecular complexity index is 589. The molecule has 3 nitrogen and oxygen atoms in total. The summed E-state index contributed by atoms with van der Waals surface area (Å²) in [7, 11) is 0. The Morgan fingerprint density at radius 2 is 1.81 bits per heavy atom. The summed E-state index contributed by atoms with van der Waals surface area (Å²) in [4.78, 5) is 6.55. The van der Waals surface area contributed by atoms with Crippen molar-refractivity contribution >= 4 is 11.4 Å². The summed E-state index contributed by atoms with van der Waals surface area (Å²) in [6.07, 6.45) is 6.32. The lowest BCUT2D eigenvalue weighted by Crippen LogP contribution is -2.17. The van der Waals surface area contributed by atoms with Crippen LogP contribution < -0.4 is 10.2 Å². The Balaban J connectivity index is 1.74. The average Bonchev–Trinajstić information content (AvgIpc) is 3.04. The Morgan fingerprint density at radius 1 is 1.10 bits per heavy atom. The molecular weight excluding hydrogens is 258 g/mol. The molecule has 1 N–H and O–H groups in total. The number of pyridine rings is 1. The van der Waals surface area contributed by atoms with Gasteiger partial charge in [0.05, 0.1) is 0 Å². The molecule has 0 saturated carbocycles. The van der Waals surface area contributed by atoms with Crippen molar-refractivity contribution in [3.05, 3.63) is 53.9 Å². The Labute approximate surface area is 127 Å². The molecule has 1 saturated heterocycles. The number of rotatable bonds is 4. The van der Waals surface area contributed by atoms with Crippen LogP contribution in [0.25, 0.3) is 0 Å². The van der Waals surface area contributed by atoms with Gasteiger partial charge < -0.3 is 10.2 Å². The third kappa shape index (κ3) is 3.18. The number of hydrogen-bond acceptors (Lipinski definition) is 3. The van der Waals surface area contributed by atoms with Crippen LogP contribution in [0.5, 0.6) is 0 Å². The number of nitrogens with one attached hydrogen (secondary N) is 1. The summed E-state index contributed by atoms with van der Waals surface area (Å²) in [6.45, 7) is 6.75. The molecule has 1 aromatic carbocycles. The molecule has 1 aromatic heterocycles. The first-order valence-electron chi connectivity index (χ1n) is 7.76. The minimum absolute atomic E-state index is 0.282. The van der Waals surface area contributed by atoms with Crippen LogP contribution in [-0.2, 0) is 0 Å². The van der Waals surface area contributed by atoms with Gasteiger partial charge in [-0.1, -0.05) is 0 Å². The zero-order valence-electron chi connectivity index (χ0n) is 12.8. The SMILES string of the molecule is Cc1cc(N2CCCC2)ccc1NC(C)c1ccncc1. The van der Waals surface area contributed by atoms with Crippen LogP contribution in [0.1, 0.15) is 36.9 Å². The molecule has 2 heterocycles. The fourth-order valence-electron chi connectivity index (χ4n) is 2.95. The van der Waals surface area contributed by atoms with Crippen molar-refractivity contribution < 1.29 is 0 Å². The number of nitrogens with zero attached hydrogens (tertiary/aromatic N) is 2. The van der Waals surface area contributed by atoms with Gasteiger partial charge in [0.2, 0.25) is 0 Å². The fourth-order valence-corrected chi connectivity index (χ4v) is 2.95. The van der Waals surface area contributed by atoms with Crippen LogP contribution in [0.3, 0.4) is 0 Å². The van der Waals surface area contributed by atoms with Crippen LogP contribution in [0.4, 0.5) is 11.4 Å². The second-order valence-electron chi connectivity index (χ2n) is 5.84. The molecule has 0 radical (unpaired) electrons. The van der Waals surface area contributed by atoms with Crippen molar-refractivity contribution in [2.45, 2.75) is 32.7 Å². The third-order valence-electron chi connectivity index (χ3n) is 4.26. The van der Waals surface area contributed by atoms with E-state index in [1.165, 1.54) is 48.4 Å². The summed E-state index contributed by atoms with van der Waals surface area (Å²) < 4.78 is 0. The molecule has 0 spiro atoms. The first kappa shape index (κ1) is 13.9. The van der Waals surface area contributed by atoms with Crippen molar-refractivity contribution in [1.82, 2.24) is 4.98 Å². The molecule has 0 amide bonds. The van der Waals surface area contributed by atoms with Gasteiger partial charge in [-0.15, -0.1) is 0 Å². The van der Waals surface area contributed by atoms with Crippen LogP contribution in [0.15, 0.2) is 42.7 Å². The van der Waals surface area contributed by atoms with Gasteiger partial charge in [-0.3, -0.25) is 4.98 Å². The number of hydrogen-bond donors (Lipinski definition) is 1. The van der Waals surface area contributed by atoms with Crippen LogP contribution >= 0.6 is 0 Å². The van der Waals surface area contributed by atoms with E-state index in [9.17, 15) is 0 Å². The highest BCUT2D eigenvalue weighted by Gasteiger charge is 2.13. The van der Waals surface area contributed by atoms with E-state index in [0.717, 1.165) is 0 Å². The zero-order valence-corrected chi connectivity index (χ0v) is 12.8. The van der Waals surface area contributed by atoms with Crippen molar-refractivity contribution in [2.75, 3.05) is 23.3 Å². The quantitative estimate of drug-likeness (QED) is 0.912. The number of aryl methyl sites for hydroxylation is 1. The number of aromatic nitrogens is 1. The second kappa shape index (κ2) is 6.17. The molecule has 0 aliphatic carbocycles. The average molecular weight is 281 g/mol. The molecule has 3 heteroatoms. The predicted molar refractivity (Wildman–Crippen MR) is 88.9 cm³/mol. The van der Waals surface area contributed by atoms with Crippen LogP contribution in [0.2, 0.25) is 0 Å². The summed E-state index contributed by atoms with van der Waals surface area (Å²) in [5, 5.41) is 3.60. The van der Waals surface area contributed by atoms with Gasteiger partial charge in [0.15, 0.2) is 0 Å². The minimum Gasteiger partial charge on any atom is -0.378 e. The molecule has 1 aliphatic heterocycles. The number of anilines is 2. The maximum Gasteiger partial charge on any atom is 0.0486 e. The lowest BCUT2D eigenvalue weighted by Gasteiger charge is -2.21. The van der Waals surface area contributed by atoms with E-state index >= 15 is 0 Å². The minimum atomic E-state index is 0.282. The van der Waals surface area contributed by atoms with Gasteiger partial charge in [-0.05, 0) is 68.1 Å². The maximum absolute atomic E-state index is 4.07. The van der Waals surface area contributed by atoms with E-state index in [0.29, 0.717) is 0 Å². The predicted octanol–water partition coefficient (Wildman–Crippen LogP) is 4.16. The Hall–Kier alpha value is -2.03. The van der Waals surface area contributed by atoms with E-state index in [1.807, 2.05) is 12.4 Å². The lowest BCUT2D eigenvalue weighted by atomic mass is 10.1. The van der Waals surface area contributed by atoms with Gasteiger partial charge in [-0.2, -0.15) is 0 Å². The monoisotopic (exact) mass is 281 g/mol. The normalized spacial score (nSPS) is 16.0. The molecule has 1 fully saturated rings. The number of benzene rings is 1. The highest BCUT2D eigenvalue weighted by atomic mass is 15.1. The van der Waals surface area contributed by atoms with Crippen molar-refractivity contribution in [2.24, 2.45) is 0 Å². The largest absolute Gasteiger partial charge is 0.378 e. The standard InChI is InChI=1S/C18H23N3/c1-14-13-17(21-11-3-4-12-21)5-6-18(14)20-15(2)16-7-9-19-10-8-16/h5-10,13,15,20H,3-4,11-12H2,1-2H3. The summed E-state index contributed by atoms with van der Waals surface area (Å²) in [5.74, 6) is 0. The van der Waals surface area contributed by atoms with E-state index in [4.69, 9.17) is 0 Å². The first-order chi connectivity index (χ1) is 10.2. The second-order valence-corrected chi connectivity index (χ2v) is 5.84. The molecule has 1 aliphatic rings. The van der Waals surface area contributed by atoms with Gasteiger partial charge in [-0.25, -0.2) is 0 Å². The smallest absolute Gasteiger partial charge is 0.0486 e. The van der Waals surface area contributed by atoms with Gasteiger partial charge in [0.25, 0.3) is 0 Å². The highest BCUT2D eigenvalue weighted by molar-refractivity contribution is 5.61. The topological polar surface area (TPSA) is 28.2 Å². The molecule has 3 rings (SSSR count).